The van der Waals surface area contributed by atoms with Gasteiger partial charge in [0.1, 0.15) is 5.75 Å². The van der Waals surface area contributed by atoms with Gasteiger partial charge in [-0.15, -0.1) is 0 Å². The van der Waals surface area contributed by atoms with Gasteiger partial charge in [-0.1, -0.05) is 24.3 Å². The molecule has 4 heteroatoms. The molecule has 0 heterocycles. The van der Waals surface area contributed by atoms with Crippen LogP contribution in [-0.4, -0.2) is 19.3 Å². The average molecular weight is 290 g/mol. The molecule has 2 rings (SSSR count). The second-order valence-corrected chi connectivity index (χ2v) is 5.12. The first-order valence-corrected chi connectivity index (χ1v) is 6.66. The van der Waals surface area contributed by atoms with E-state index in [1.807, 2.05) is 24.3 Å². The number of rotatable bonds is 5. The van der Waals surface area contributed by atoms with E-state index in [1.54, 1.807) is 26.2 Å². The first-order chi connectivity index (χ1) is 9.97. The minimum Gasteiger partial charge on any atom is -0.497 e. The van der Waals surface area contributed by atoms with E-state index in [-0.39, 0.29) is 11.3 Å². The van der Waals surface area contributed by atoms with E-state index in [1.165, 1.54) is 13.2 Å². The molecule has 1 unspecified atom stereocenters. The van der Waals surface area contributed by atoms with Gasteiger partial charge in [-0.25, -0.2) is 4.39 Å². The molecule has 0 aliphatic carbocycles. The molecule has 0 saturated heterocycles. The van der Waals surface area contributed by atoms with E-state index in [0.717, 1.165) is 11.3 Å². The lowest BCUT2D eigenvalue weighted by Crippen LogP contribution is -2.26. The third kappa shape index (κ3) is 3.34. The number of methoxy groups -OCH3 is 2. The third-order valence-electron chi connectivity index (χ3n) is 3.47. The quantitative estimate of drug-likeness (QED) is 0.918. The summed E-state index contributed by atoms with van der Waals surface area (Å²) in [6.07, 6.45) is 0.293. The zero-order chi connectivity index (χ0) is 15.5. The van der Waals surface area contributed by atoms with Crippen molar-refractivity contribution in [1.29, 1.82) is 0 Å². The Bertz CT molecular complexity index is 606. The van der Waals surface area contributed by atoms with E-state index in [9.17, 15) is 9.50 Å². The van der Waals surface area contributed by atoms with Crippen molar-refractivity contribution in [3.8, 4) is 11.5 Å². The zero-order valence-corrected chi connectivity index (χ0v) is 12.4. The lowest BCUT2D eigenvalue weighted by Gasteiger charge is -2.25. The zero-order valence-electron chi connectivity index (χ0n) is 12.4. The van der Waals surface area contributed by atoms with Crippen molar-refractivity contribution in [2.45, 2.75) is 18.9 Å². The molecular weight excluding hydrogens is 271 g/mol. The molecule has 0 spiro atoms. The Morgan fingerprint density at radius 3 is 2.29 bits per heavy atom. The molecule has 21 heavy (non-hydrogen) atoms. The lowest BCUT2D eigenvalue weighted by molar-refractivity contribution is 0.0532. The summed E-state index contributed by atoms with van der Waals surface area (Å²) in [6.45, 7) is 1.59. The molecule has 0 aliphatic rings. The van der Waals surface area contributed by atoms with E-state index in [2.05, 4.69) is 0 Å². The summed E-state index contributed by atoms with van der Waals surface area (Å²) in [5.41, 5.74) is -0.214. The monoisotopic (exact) mass is 290 g/mol. The van der Waals surface area contributed by atoms with Crippen LogP contribution in [0.15, 0.2) is 42.5 Å². The average Bonchev–Trinajstić information content (AvgIpc) is 2.47. The predicted octanol–water partition coefficient (Wildman–Crippen LogP) is 3.29. The van der Waals surface area contributed by atoms with Crippen LogP contribution in [0.3, 0.4) is 0 Å². The van der Waals surface area contributed by atoms with Crippen molar-refractivity contribution < 1.29 is 19.0 Å². The fourth-order valence-corrected chi connectivity index (χ4v) is 2.32. The maximum atomic E-state index is 14.3. The number of halogens is 1. The molecule has 0 aromatic heterocycles. The summed E-state index contributed by atoms with van der Waals surface area (Å²) in [6, 6.07) is 12.1. The van der Waals surface area contributed by atoms with Crippen molar-refractivity contribution in [3.05, 3.63) is 59.4 Å². The summed E-state index contributed by atoms with van der Waals surface area (Å²) >= 11 is 0. The van der Waals surface area contributed by atoms with Gasteiger partial charge in [-0.3, -0.25) is 0 Å². The minimum absolute atomic E-state index is 0.127. The Labute approximate surface area is 124 Å². The molecule has 1 atom stereocenters. The van der Waals surface area contributed by atoms with E-state index in [4.69, 9.17) is 9.47 Å². The Morgan fingerprint density at radius 1 is 1.05 bits per heavy atom. The summed E-state index contributed by atoms with van der Waals surface area (Å²) < 4.78 is 24.3. The Balaban J connectivity index is 2.28. The van der Waals surface area contributed by atoms with Gasteiger partial charge in [0.05, 0.1) is 19.8 Å². The number of hydrogen-bond acceptors (Lipinski definition) is 3. The molecule has 112 valence electrons. The van der Waals surface area contributed by atoms with Gasteiger partial charge in [-0.05, 0) is 30.7 Å². The maximum Gasteiger partial charge on any atom is 0.171 e. The van der Waals surface area contributed by atoms with Gasteiger partial charge < -0.3 is 14.6 Å². The normalized spacial score (nSPS) is 13.6. The van der Waals surface area contributed by atoms with Gasteiger partial charge in [0, 0.05) is 12.0 Å². The molecular formula is C17H19FO3. The van der Waals surface area contributed by atoms with Crippen LogP contribution in [0.2, 0.25) is 0 Å². The fraction of sp³-hybridized carbons (Fsp3) is 0.294. The second-order valence-electron chi connectivity index (χ2n) is 5.12. The highest BCUT2D eigenvalue weighted by Gasteiger charge is 2.28. The van der Waals surface area contributed by atoms with Crippen LogP contribution >= 0.6 is 0 Å². The highest BCUT2D eigenvalue weighted by atomic mass is 19.1. The van der Waals surface area contributed by atoms with Crippen molar-refractivity contribution in [2.75, 3.05) is 14.2 Å². The van der Waals surface area contributed by atoms with Crippen LogP contribution in [0.25, 0.3) is 0 Å². The van der Waals surface area contributed by atoms with E-state index in [0.29, 0.717) is 6.42 Å². The molecule has 1 N–H and O–H groups in total. The van der Waals surface area contributed by atoms with Gasteiger partial charge in [0.2, 0.25) is 0 Å². The molecule has 0 saturated carbocycles. The molecule has 2 aromatic rings. The number of hydrogen-bond donors (Lipinski definition) is 1. The maximum absolute atomic E-state index is 14.3. The molecule has 0 fully saturated rings. The summed E-state index contributed by atoms with van der Waals surface area (Å²) in [4.78, 5) is 0. The largest absolute Gasteiger partial charge is 0.497 e. The van der Waals surface area contributed by atoms with Crippen LogP contribution in [0.4, 0.5) is 4.39 Å². The summed E-state index contributed by atoms with van der Waals surface area (Å²) in [5, 5.41) is 10.6. The number of aliphatic hydroxyl groups is 1. The number of ether oxygens (including phenoxy) is 2. The number of benzene rings is 2. The van der Waals surface area contributed by atoms with Gasteiger partial charge in [-0.2, -0.15) is 0 Å². The van der Waals surface area contributed by atoms with Gasteiger partial charge in [0.15, 0.2) is 11.6 Å². The van der Waals surface area contributed by atoms with Gasteiger partial charge >= 0.3 is 0 Å². The summed E-state index contributed by atoms with van der Waals surface area (Å²) in [5.74, 6) is 0.340. The highest BCUT2D eigenvalue weighted by Crippen LogP contribution is 2.31. The van der Waals surface area contributed by atoms with Crippen LogP contribution in [0.5, 0.6) is 11.5 Å². The van der Waals surface area contributed by atoms with Crippen molar-refractivity contribution in [1.82, 2.24) is 0 Å². The van der Waals surface area contributed by atoms with Crippen LogP contribution in [0.1, 0.15) is 18.1 Å². The standard InChI is InChI=1S/C17H19FO3/c1-17(19,11-12-7-9-13(20-2)10-8-12)14-5-4-6-15(21-3)16(14)18/h4-10,19H,11H2,1-3H3. The fourth-order valence-electron chi connectivity index (χ4n) is 2.32. The van der Waals surface area contributed by atoms with Crippen LogP contribution in [-0.2, 0) is 12.0 Å². The topological polar surface area (TPSA) is 38.7 Å². The lowest BCUT2D eigenvalue weighted by atomic mass is 9.88. The third-order valence-corrected chi connectivity index (χ3v) is 3.47. The Morgan fingerprint density at radius 2 is 1.71 bits per heavy atom. The first kappa shape index (κ1) is 15.3. The molecule has 3 nitrogen and oxygen atoms in total. The first-order valence-electron chi connectivity index (χ1n) is 6.66. The van der Waals surface area contributed by atoms with Gasteiger partial charge in [0.25, 0.3) is 0 Å². The van der Waals surface area contributed by atoms with Crippen molar-refractivity contribution >= 4 is 0 Å². The molecule has 0 bridgehead atoms. The predicted molar refractivity (Wildman–Crippen MR) is 79.2 cm³/mol. The highest BCUT2D eigenvalue weighted by molar-refractivity contribution is 5.36. The van der Waals surface area contributed by atoms with E-state index >= 15 is 0 Å². The molecule has 0 amide bonds. The minimum atomic E-state index is -1.33. The summed E-state index contributed by atoms with van der Waals surface area (Å²) in [7, 11) is 3.00. The Hall–Kier alpha value is -2.07. The van der Waals surface area contributed by atoms with Crippen LogP contribution < -0.4 is 9.47 Å². The van der Waals surface area contributed by atoms with Crippen molar-refractivity contribution in [3.63, 3.8) is 0 Å². The Kier molecular flexibility index (Phi) is 4.48. The smallest absolute Gasteiger partial charge is 0.171 e. The molecule has 2 aromatic carbocycles. The van der Waals surface area contributed by atoms with E-state index < -0.39 is 11.4 Å². The van der Waals surface area contributed by atoms with Crippen LogP contribution in [0, 0.1) is 5.82 Å². The molecule has 0 radical (unpaired) electrons. The SMILES string of the molecule is COc1ccc(CC(C)(O)c2cccc(OC)c2F)cc1. The second kappa shape index (κ2) is 6.14. The molecule has 0 aliphatic heterocycles. The van der Waals surface area contributed by atoms with Crippen molar-refractivity contribution in [2.24, 2.45) is 0 Å².